The Morgan fingerprint density at radius 2 is 2.05 bits per heavy atom. The van der Waals surface area contributed by atoms with E-state index < -0.39 is 0 Å². The molecular formula is C19H28N2. The first-order valence-corrected chi connectivity index (χ1v) is 8.40. The first kappa shape index (κ1) is 14.6. The molecule has 114 valence electrons. The van der Waals surface area contributed by atoms with Crippen LogP contribution in [-0.4, -0.2) is 11.1 Å². The molecule has 1 aliphatic rings. The molecule has 1 saturated carbocycles. The standard InChI is InChI=1S/C19H28N2/c1-14-7-6-8-16(11-14)12-20-13-19-15(2)17-9-4-5-10-18(17)21(19)3/h4-5,9-10,14,16,20H,6-8,11-13H2,1-3H3. The van der Waals surface area contributed by atoms with Crippen LogP contribution < -0.4 is 5.32 Å². The van der Waals surface area contributed by atoms with Crippen molar-refractivity contribution >= 4 is 10.9 Å². The summed E-state index contributed by atoms with van der Waals surface area (Å²) in [5.74, 6) is 1.80. The highest BCUT2D eigenvalue weighted by Gasteiger charge is 2.18. The van der Waals surface area contributed by atoms with E-state index in [1.54, 1.807) is 0 Å². The maximum atomic E-state index is 3.71. The summed E-state index contributed by atoms with van der Waals surface area (Å²) < 4.78 is 2.35. The highest BCUT2D eigenvalue weighted by atomic mass is 15.0. The second kappa shape index (κ2) is 6.23. The van der Waals surface area contributed by atoms with Gasteiger partial charge in [-0.05, 0) is 49.8 Å². The number of hydrogen-bond acceptors (Lipinski definition) is 1. The number of aryl methyl sites for hydroxylation is 2. The number of fused-ring (bicyclic) bond motifs is 1. The highest BCUT2D eigenvalue weighted by Crippen LogP contribution is 2.28. The van der Waals surface area contributed by atoms with Crippen LogP contribution in [0.15, 0.2) is 24.3 Å². The van der Waals surface area contributed by atoms with Crippen LogP contribution in [0, 0.1) is 18.8 Å². The molecule has 1 aromatic carbocycles. The maximum Gasteiger partial charge on any atom is 0.0483 e. The second-order valence-electron chi connectivity index (χ2n) is 6.92. The number of aromatic nitrogens is 1. The van der Waals surface area contributed by atoms with Crippen LogP contribution in [0.25, 0.3) is 10.9 Å². The van der Waals surface area contributed by atoms with Gasteiger partial charge in [-0.15, -0.1) is 0 Å². The van der Waals surface area contributed by atoms with Gasteiger partial charge in [0.2, 0.25) is 0 Å². The zero-order valence-corrected chi connectivity index (χ0v) is 13.7. The number of nitrogens with one attached hydrogen (secondary N) is 1. The van der Waals surface area contributed by atoms with Gasteiger partial charge >= 0.3 is 0 Å². The summed E-state index contributed by atoms with van der Waals surface area (Å²) in [5, 5.41) is 5.11. The molecule has 0 saturated heterocycles. The van der Waals surface area contributed by atoms with Crippen molar-refractivity contribution in [1.29, 1.82) is 0 Å². The molecule has 1 aliphatic carbocycles. The average molecular weight is 284 g/mol. The summed E-state index contributed by atoms with van der Waals surface area (Å²) >= 11 is 0. The van der Waals surface area contributed by atoms with E-state index in [2.05, 4.69) is 55.0 Å². The molecule has 1 aromatic heterocycles. The summed E-state index contributed by atoms with van der Waals surface area (Å²) in [4.78, 5) is 0. The monoisotopic (exact) mass is 284 g/mol. The average Bonchev–Trinajstić information content (AvgIpc) is 2.73. The third-order valence-corrected chi connectivity index (χ3v) is 5.28. The third kappa shape index (κ3) is 3.01. The Hall–Kier alpha value is -1.28. The normalized spacial score (nSPS) is 22.8. The lowest BCUT2D eigenvalue weighted by atomic mass is 9.82. The van der Waals surface area contributed by atoms with E-state index in [0.717, 1.165) is 18.4 Å². The fraction of sp³-hybridized carbons (Fsp3) is 0.579. The van der Waals surface area contributed by atoms with Crippen molar-refractivity contribution in [3.05, 3.63) is 35.5 Å². The van der Waals surface area contributed by atoms with Crippen molar-refractivity contribution in [3.63, 3.8) is 0 Å². The SMILES string of the molecule is Cc1c(CNCC2CCCC(C)C2)n(C)c2ccccc12. The number of rotatable bonds is 4. The molecule has 0 aliphatic heterocycles. The van der Waals surface area contributed by atoms with Crippen LogP contribution in [-0.2, 0) is 13.6 Å². The van der Waals surface area contributed by atoms with E-state index in [-0.39, 0.29) is 0 Å². The Balaban J connectivity index is 1.65. The lowest BCUT2D eigenvalue weighted by molar-refractivity contribution is 0.273. The minimum absolute atomic E-state index is 0.878. The van der Waals surface area contributed by atoms with Crippen molar-refractivity contribution in [2.24, 2.45) is 18.9 Å². The summed E-state index contributed by atoms with van der Waals surface area (Å²) in [5.41, 5.74) is 4.20. The molecular weight excluding hydrogens is 256 g/mol. The molecule has 0 radical (unpaired) electrons. The first-order valence-electron chi connectivity index (χ1n) is 8.40. The Morgan fingerprint density at radius 1 is 1.24 bits per heavy atom. The molecule has 0 spiro atoms. The largest absolute Gasteiger partial charge is 0.346 e. The molecule has 0 amide bonds. The molecule has 0 bridgehead atoms. The Kier molecular flexibility index (Phi) is 4.34. The molecule has 3 rings (SSSR count). The number of benzene rings is 1. The van der Waals surface area contributed by atoms with Crippen LogP contribution in [0.5, 0.6) is 0 Å². The van der Waals surface area contributed by atoms with E-state index in [1.165, 1.54) is 54.4 Å². The van der Waals surface area contributed by atoms with Crippen LogP contribution >= 0.6 is 0 Å². The Morgan fingerprint density at radius 3 is 2.81 bits per heavy atom. The van der Waals surface area contributed by atoms with Gasteiger partial charge in [0.25, 0.3) is 0 Å². The number of para-hydroxylation sites is 1. The fourth-order valence-corrected chi connectivity index (χ4v) is 4.03. The zero-order valence-electron chi connectivity index (χ0n) is 13.7. The van der Waals surface area contributed by atoms with Gasteiger partial charge in [-0.2, -0.15) is 0 Å². The fourth-order valence-electron chi connectivity index (χ4n) is 4.03. The van der Waals surface area contributed by atoms with Gasteiger partial charge in [0, 0.05) is 30.2 Å². The van der Waals surface area contributed by atoms with Crippen molar-refractivity contribution in [3.8, 4) is 0 Å². The predicted octanol–water partition coefficient (Wildman–Crippen LogP) is 4.40. The number of nitrogens with zero attached hydrogens (tertiary/aromatic N) is 1. The summed E-state index contributed by atoms with van der Waals surface area (Å²) in [6.45, 7) is 6.81. The quantitative estimate of drug-likeness (QED) is 0.880. The Bertz CT molecular complexity index is 572. The van der Waals surface area contributed by atoms with Crippen LogP contribution in [0.3, 0.4) is 0 Å². The third-order valence-electron chi connectivity index (χ3n) is 5.28. The molecule has 1 N–H and O–H groups in total. The first-order chi connectivity index (χ1) is 10.2. The topological polar surface area (TPSA) is 17.0 Å². The van der Waals surface area contributed by atoms with Gasteiger partial charge in [-0.1, -0.05) is 38.0 Å². The predicted molar refractivity (Wildman–Crippen MR) is 90.5 cm³/mol. The molecule has 2 heteroatoms. The van der Waals surface area contributed by atoms with Gasteiger partial charge < -0.3 is 9.88 Å². The summed E-state index contributed by atoms with van der Waals surface area (Å²) in [6, 6.07) is 8.71. The van der Waals surface area contributed by atoms with Crippen LogP contribution in [0.2, 0.25) is 0 Å². The van der Waals surface area contributed by atoms with E-state index in [9.17, 15) is 0 Å². The van der Waals surface area contributed by atoms with E-state index in [4.69, 9.17) is 0 Å². The summed E-state index contributed by atoms with van der Waals surface area (Å²) in [6.07, 6.45) is 5.66. The van der Waals surface area contributed by atoms with Crippen molar-refractivity contribution in [2.75, 3.05) is 6.54 Å². The van der Waals surface area contributed by atoms with Crippen LogP contribution in [0.4, 0.5) is 0 Å². The van der Waals surface area contributed by atoms with Gasteiger partial charge in [0.15, 0.2) is 0 Å². The minimum atomic E-state index is 0.878. The van der Waals surface area contributed by atoms with Crippen molar-refractivity contribution < 1.29 is 0 Å². The summed E-state index contributed by atoms with van der Waals surface area (Å²) in [7, 11) is 2.19. The lowest BCUT2D eigenvalue weighted by Crippen LogP contribution is -2.27. The Labute approximate surface area is 128 Å². The van der Waals surface area contributed by atoms with Gasteiger partial charge in [-0.25, -0.2) is 0 Å². The lowest BCUT2D eigenvalue weighted by Gasteiger charge is -2.27. The van der Waals surface area contributed by atoms with E-state index >= 15 is 0 Å². The smallest absolute Gasteiger partial charge is 0.0483 e. The molecule has 2 atom stereocenters. The second-order valence-corrected chi connectivity index (χ2v) is 6.92. The minimum Gasteiger partial charge on any atom is -0.346 e. The van der Waals surface area contributed by atoms with Gasteiger partial charge in [0.1, 0.15) is 0 Å². The van der Waals surface area contributed by atoms with E-state index in [0.29, 0.717) is 0 Å². The van der Waals surface area contributed by atoms with Gasteiger partial charge in [-0.3, -0.25) is 0 Å². The molecule has 1 heterocycles. The zero-order chi connectivity index (χ0) is 14.8. The number of hydrogen-bond donors (Lipinski definition) is 1. The molecule has 2 unspecified atom stereocenters. The molecule has 2 nitrogen and oxygen atoms in total. The van der Waals surface area contributed by atoms with Crippen LogP contribution in [0.1, 0.15) is 43.9 Å². The molecule has 1 fully saturated rings. The maximum absolute atomic E-state index is 3.71. The van der Waals surface area contributed by atoms with Crippen molar-refractivity contribution in [2.45, 2.75) is 46.1 Å². The van der Waals surface area contributed by atoms with Crippen molar-refractivity contribution in [1.82, 2.24) is 9.88 Å². The highest BCUT2D eigenvalue weighted by molar-refractivity contribution is 5.85. The molecule has 2 aromatic rings. The van der Waals surface area contributed by atoms with E-state index in [1.807, 2.05) is 0 Å². The molecule has 21 heavy (non-hydrogen) atoms. The van der Waals surface area contributed by atoms with Gasteiger partial charge in [0.05, 0.1) is 0 Å².